The van der Waals surface area contributed by atoms with E-state index in [1.807, 2.05) is 24.3 Å². The number of methoxy groups -OCH3 is 1. The van der Waals surface area contributed by atoms with E-state index in [9.17, 15) is 4.79 Å². The zero-order valence-corrected chi connectivity index (χ0v) is 12.5. The minimum Gasteiger partial charge on any atom is -0.380 e. The molecular weight excluding hydrogens is 282 g/mol. The molecule has 0 unspecified atom stereocenters. The highest BCUT2D eigenvalue weighted by Crippen LogP contribution is 2.23. The van der Waals surface area contributed by atoms with Crippen LogP contribution in [0.1, 0.15) is 6.42 Å². The number of hydrogen-bond donors (Lipinski definition) is 1. The van der Waals surface area contributed by atoms with Gasteiger partial charge in [-0.1, -0.05) is 0 Å². The molecule has 1 amide bonds. The highest BCUT2D eigenvalue weighted by molar-refractivity contribution is 5.90. The van der Waals surface area contributed by atoms with Crippen LogP contribution in [0.3, 0.4) is 0 Å². The summed E-state index contributed by atoms with van der Waals surface area (Å²) in [5, 5.41) is 6.75. The van der Waals surface area contributed by atoms with E-state index in [-0.39, 0.29) is 12.5 Å². The first kappa shape index (κ1) is 14.5. The minimum atomic E-state index is -0.126. The third kappa shape index (κ3) is 3.43. The summed E-state index contributed by atoms with van der Waals surface area (Å²) < 4.78 is 6.86. The van der Waals surface area contributed by atoms with Gasteiger partial charge in [0, 0.05) is 31.6 Å². The molecule has 1 aliphatic rings. The van der Waals surface area contributed by atoms with Gasteiger partial charge < -0.3 is 15.0 Å². The van der Waals surface area contributed by atoms with Crippen molar-refractivity contribution in [1.82, 2.24) is 14.8 Å². The number of hydrogen-bond acceptors (Lipinski definition) is 5. The second kappa shape index (κ2) is 6.57. The van der Waals surface area contributed by atoms with E-state index in [1.165, 1.54) is 17.3 Å². The minimum absolute atomic E-state index is 0.126. The van der Waals surface area contributed by atoms with Gasteiger partial charge in [-0.25, -0.2) is 9.67 Å². The molecule has 0 bridgehead atoms. The van der Waals surface area contributed by atoms with E-state index >= 15 is 0 Å². The van der Waals surface area contributed by atoms with Crippen molar-refractivity contribution in [2.45, 2.75) is 19.1 Å². The van der Waals surface area contributed by atoms with Crippen molar-refractivity contribution in [1.29, 1.82) is 0 Å². The fourth-order valence-electron chi connectivity index (χ4n) is 2.57. The first-order valence-electron chi connectivity index (χ1n) is 7.24. The monoisotopic (exact) mass is 301 g/mol. The van der Waals surface area contributed by atoms with Crippen LogP contribution in [-0.4, -0.2) is 47.0 Å². The Kier molecular flexibility index (Phi) is 4.34. The molecule has 116 valence electrons. The number of nitrogens with zero attached hydrogens (tertiary/aromatic N) is 4. The van der Waals surface area contributed by atoms with Gasteiger partial charge in [-0.15, -0.1) is 0 Å². The maximum absolute atomic E-state index is 11.9. The van der Waals surface area contributed by atoms with Crippen molar-refractivity contribution in [2.75, 3.05) is 30.4 Å². The summed E-state index contributed by atoms with van der Waals surface area (Å²) in [4.78, 5) is 18.0. The maximum Gasteiger partial charge on any atom is 0.246 e. The van der Waals surface area contributed by atoms with Crippen LogP contribution in [0.25, 0.3) is 0 Å². The fraction of sp³-hybridized carbons (Fsp3) is 0.400. The summed E-state index contributed by atoms with van der Waals surface area (Å²) in [6.07, 6.45) is 4.28. The van der Waals surface area contributed by atoms with E-state index in [0.717, 1.165) is 30.9 Å². The second-order valence-electron chi connectivity index (χ2n) is 5.28. The average Bonchev–Trinajstić information content (AvgIpc) is 3.19. The van der Waals surface area contributed by atoms with E-state index in [4.69, 9.17) is 4.74 Å². The van der Waals surface area contributed by atoms with E-state index in [1.54, 1.807) is 7.11 Å². The number of benzene rings is 1. The Morgan fingerprint density at radius 3 is 2.86 bits per heavy atom. The third-order valence-electron chi connectivity index (χ3n) is 3.77. The predicted octanol–water partition coefficient (Wildman–Crippen LogP) is 1.14. The summed E-state index contributed by atoms with van der Waals surface area (Å²) in [5.74, 6) is -0.126. The molecule has 3 rings (SSSR count). The quantitative estimate of drug-likeness (QED) is 0.896. The van der Waals surface area contributed by atoms with Gasteiger partial charge in [0.25, 0.3) is 0 Å². The Hall–Kier alpha value is -2.41. The number of amides is 1. The summed E-state index contributed by atoms with van der Waals surface area (Å²) in [6, 6.07) is 7.86. The summed E-state index contributed by atoms with van der Waals surface area (Å²) >= 11 is 0. The van der Waals surface area contributed by atoms with Crippen LogP contribution >= 0.6 is 0 Å². The number of rotatable bonds is 5. The van der Waals surface area contributed by atoms with Gasteiger partial charge in [0.05, 0.1) is 6.10 Å². The Labute approximate surface area is 128 Å². The maximum atomic E-state index is 11.9. The number of ether oxygens (including phenoxy) is 1. The van der Waals surface area contributed by atoms with Crippen molar-refractivity contribution in [2.24, 2.45) is 0 Å². The predicted molar refractivity (Wildman–Crippen MR) is 82.7 cm³/mol. The first-order valence-corrected chi connectivity index (χ1v) is 7.24. The van der Waals surface area contributed by atoms with Gasteiger partial charge in [0.15, 0.2) is 0 Å². The molecule has 0 spiro atoms. The molecule has 1 fully saturated rings. The van der Waals surface area contributed by atoms with Crippen LogP contribution in [-0.2, 0) is 16.1 Å². The van der Waals surface area contributed by atoms with Gasteiger partial charge in [-0.2, -0.15) is 5.10 Å². The van der Waals surface area contributed by atoms with Crippen LogP contribution in [0.4, 0.5) is 11.4 Å². The van der Waals surface area contributed by atoms with Crippen molar-refractivity contribution >= 4 is 17.3 Å². The van der Waals surface area contributed by atoms with Crippen LogP contribution < -0.4 is 10.2 Å². The lowest BCUT2D eigenvalue weighted by atomic mass is 10.2. The van der Waals surface area contributed by atoms with Crippen molar-refractivity contribution in [3.8, 4) is 0 Å². The molecule has 22 heavy (non-hydrogen) atoms. The van der Waals surface area contributed by atoms with Crippen LogP contribution in [0.2, 0.25) is 0 Å². The van der Waals surface area contributed by atoms with Crippen LogP contribution in [0.5, 0.6) is 0 Å². The normalized spacial score (nSPS) is 17.7. The van der Waals surface area contributed by atoms with Crippen LogP contribution in [0, 0.1) is 0 Å². The molecule has 2 aromatic rings. The van der Waals surface area contributed by atoms with E-state index < -0.39 is 0 Å². The van der Waals surface area contributed by atoms with Crippen molar-refractivity contribution in [3.05, 3.63) is 36.9 Å². The molecule has 1 aromatic carbocycles. The Morgan fingerprint density at radius 2 is 2.23 bits per heavy atom. The lowest BCUT2D eigenvalue weighted by Crippen LogP contribution is -2.22. The molecule has 0 aliphatic carbocycles. The molecule has 7 heteroatoms. The SMILES string of the molecule is CO[C@H]1CCN(c2ccc(NC(=O)Cn3cncn3)cc2)C1. The van der Waals surface area contributed by atoms with E-state index in [2.05, 4.69) is 20.3 Å². The summed E-state index contributed by atoms with van der Waals surface area (Å²) in [6.45, 7) is 2.06. The van der Waals surface area contributed by atoms with Crippen molar-refractivity contribution in [3.63, 3.8) is 0 Å². The second-order valence-corrected chi connectivity index (χ2v) is 5.28. The van der Waals surface area contributed by atoms with Gasteiger partial charge in [-0.3, -0.25) is 4.79 Å². The van der Waals surface area contributed by atoms with E-state index in [0.29, 0.717) is 6.10 Å². The highest BCUT2D eigenvalue weighted by Gasteiger charge is 2.22. The van der Waals surface area contributed by atoms with Gasteiger partial charge in [0.2, 0.25) is 5.91 Å². The topological polar surface area (TPSA) is 72.3 Å². The van der Waals surface area contributed by atoms with Gasteiger partial charge in [-0.05, 0) is 30.7 Å². The van der Waals surface area contributed by atoms with Gasteiger partial charge >= 0.3 is 0 Å². The van der Waals surface area contributed by atoms with Crippen LogP contribution in [0.15, 0.2) is 36.9 Å². The number of carbonyl (C=O) groups excluding carboxylic acids is 1. The Bertz CT molecular complexity index is 611. The number of carbonyl (C=O) groups is 1. The highest BCUT2D eigenvalue weighted by atomic mass is 16.5. The first-order chi connectivity index (χ1) is 10.7. The molecule has 1 N–H and O–H groups in total. The largest absolute Gasteiger partial charge is 0.380 e. The third-order valence-corrected chi connectivity index (χ3v) is 3.77. The number of aromatic nitrogens is 3. The Balaban J connectivity index is 1.56. The lowest BCUT2D eigenvalue weighted by molar-refractivity contribution is -0.116. The zero-order chi connectivity index (χ0) is 15.4. The Morgan fingerprint density at radius 1 is 1.41 bits per heavy atom. The zero-order valence-electron chi connectivity index (χ0n) is 12.5. The van der Waals surface area contributed by atoms with Crippen molar-refractivity contribution < 1.29 is 9.53 Å². The summed E-state index contributed by atoms with van der Waals surface area (Å²) in [5.41, 5.74) is 1.92. The molecule has 7 nitrogen and oxygen atoms in total. The molecule has 1 aromatic heterocycles. The molecule has 0 saturated carbocycles. The fourth-order valence-corrected chi connectivity index (χ4v) is 2.57. The summed E-state index contributed by atoms with van der Waals surface area (Å²) in [7, 11) is 1.75. The molecule has 1 saturated heterocycles. The smallest absolute Gasteiger partial charge is 0.246 e. The molecular formula is C15H19N5O2. The average molecular weight is 301 g/mol. The molecule has 2 heterocycles. The molecule has 1 atom stereocenters. The van der Waals surface area contributed by atoms with Gasteiger partial charge in [0.1, 0.15) is 19.2 Å². The lowest BCUT2D eigenvalue weighted by Gasteiger charge is -2.18. The number of nitrogens with one attached hydrogen (secondary N) is 1. The molecule has 1 aliphatic heterocycles. The standard InChI is InChI=1S/C15H19N5O2/c1-22-14-6-7-19(8-14)13-4-2-12(3-5-13)18-15(21)9-20-11-16-10-17-20/h2-5,10-11,14H,6-9H2,1H3,(H,18,21)/t14-/m0/s1. The molecule has 0 radical (unpaired) electrons. The number of anilines is 2.